The molecule has 18 heavy (non-hydrogen) atoms. The van der Waals surface area contributed by atoms with E-state index in [1.54, 1.807) is 42.6 Å². The van der Waals surface area contributed by atoms with Crippen molar-refractivity contribution < 1.29 is 9.90 Å². The number of amides is 1. The monoisotopic (exact) mass is 306 g/mol. The lowest BCUT2D eigenvalue weighted by molar-refractivity contribution is 0.102. The Balaban J connectivity index is 2.24. The summed E-state index contributed by atoms with van der Waals surface area (Å²) in [4.78, 5) is 16.0. The average molecular weight is 307 g/mol. The third kappa shape index (κ3) is 2.75. The van der Waals surface area contributed by atoms with Crippen LogP contribution in [-0.4, -0.2) is 16.0 Å². The standard InChI is InChI=1S/C13H11BrN2O2/c14-10-5-3-7-15-12(10)13(18)16-11-6-2-1-4-9(11)8-17/h1-7,17H,8H2,(H,16,18). The molecule has 5 heteroatoms. The zero-order chi connectivity index (χ0) is 13.0. The molecule has 0 bridgehead atoms. The van der Waals surface area contributed by atoms with Gasteiger partial charge in [-0.2, -0.15) is 0 Å². The van der Waals surface area contributed by atoms with Crippen LogP contribution in [-0.2, 0) is 6.61 Å². The first-order valence-corrected chi connectivity index (χ1v) is 6.12. The molecule has 0 aliphatic rings. The van der Waals surface area contributed by atoms with Crippen LogP contribution in [0.4, 0.5) is 5.69 Å². The van der Waals surface area contributed by atoms with Gasteiger partial charge in [-0.1, -0.05) is 18.2 Å². The molecule has 2 aromatic rings. The molecule has 0 aliphatic carbocycles. The van der Waals surface area contributed by atoms with Crippen LogP contribution >= 0.6 is 15.9 Å². The van der Waals surface area contributed by atoms with Crippen LogP contribution in [0.5, 0.6) is 0 Å². The highest BCUT2D eigenvalue weighted by molar-refractivity contribution is 9.10. The van der Waals surface area contributed by atoms with Gasteiger partial charge in [0.25, 0.3) is 5.91 Å². The van der Waals surface area contributed by atoms with E-state index in [9.17, 15) is 9.90 Å². The molecule has 0 aliphatic heterocycles. The summed E-state index contributed by atoms with van der Waals surface area (Å²) in [7, 11) is 0. The van der Waals surface area contributed by atoms with E-state index in [-0.39, 0.29) is 12.5 Å². The maximum Gasteiger partial charge on any atom is 0.275 e. The number of pyridine rings is 1. The Morgan fingerprint density at radius 3 is 2.78 bits per heavy atom. The minimum absolute atomic E-state index is 0.125. The molecule has 0 radical (unpaired) electrons. The fourth-order valence-electron chi connectivity index (χ4n) is 1.51. The normalized spacial score (nSPS) is 10.1. The number of aliphatic hydroxyl groups is 1. The van der Waals surface area contributed by atoms with Crippen LogP contribution in [0.25, 0.3) is 0 Å². The summed E-state index contributed by atoms with van der Waals surface area (Å²) in [6.07, 6.45) is 1.55. The second-order valence-electron chi connectivity index (χ2n) is 3.60. The molecule has 1 aromatic heterocycles. The Hall–Kier alpha value is -1.72. The first kappa shape index (κ1) is 12.7. The molecule has 0 unspecified atom stereocenters. The summed E-state index contributed by atoms with van der Waals surface area (Å²) < 4.78 is 0.629. The maximum absolute atomic E-state index is 12.0. The number of benzene rings is 1. The number of nitrogens with one attached hydrogen (secondary N) is 1. The molecule has 0 saturated carbocycles. The van der Waals surface area contributed by atoms with Gasteiger partial charge in [0, 0.05) is 21.9 Å². The first-order chi connectivity index (χ1) is 8.72. The Labute approximate surface area is 113 Å². The van der Waals surface area contributed by atoms with Gasteiger partial charge >= 0.3 is 0 Å². The number of aromatic nitrogens is 1. The molecular weight excluding hydrogens is 296 g/mol. The second kappa shape index (κ2) is 5.75. The van der Waals surface area contributed by atoms with Crippen LogP contribution in [0.2, 0.25) is 0 Å². The quantitative estimate of drug-likeness (QED) is 0.916. The summed E-state index contributed by atoms with van der Waals surface area (Å²) >= 11 is 3.27. The predicted molar refractivity (Wildman–Crippen MR) is 72.3 cm³/mol. The lowest BCUT2D eigenvalue weighted by Crippen LogP contribution is -2.15. The fraction of sp³-hybridized carbons (Fsp3) is 0.0769. The van der Waals surface area contributed by atoms with Gasteiger partial charge in [0.15, 0.2) is 0 Å². The largest absolute Gasteiger partial charge is 0.392 e. The van der Waals surface area contributed by atoms with E-state index in [1.165, 1.54) is 0 Å². The number of hydrogen-bond donors (Lipinski definition) is 2. The van der Waals surface area contributed by atoms with Crippen molar-refractivity contribution in [2.75, 3.05) is 5.32 Å². The number of carbonyl (C=O) groups is 1. The number of carbonyl (C=O) groups excluding carboxylic acids is 1. The molecule has 1 aromatic carbocycles. The van der Waals surface area contributed by atoms with Gasteiger partial charge in [-0.15, -0.1) is 0 Å². The molecule has 0 atom stereocenters. The van der Waals surface area contributed by atoms with Crippen molar-refractivity contribution in [1.29, 1.82) is 0 Å². The Morgan fingerprint density at radius 2 is 2.06 bits per heavy atom. The molecule has 4 nitrogen and oxygen atoms in total. The van der Waals surface area contributed by atoms with Crippen molar-refractivity contribution in [1.82, 2.24) is 4.98 Å². The van der Waals surface area contributed by atoms with E-state index >= 15 is 0 Å². The van der Waals surface area contributed by atoms with E-state index in [0.717, 1.165) is 0 Å². The van der Waals surface area contributed by atoms with Gasteiger partial charge in [-0.3, -0.25) is 4.79 Å². The van der Waals surface area contributed by atoms with Crippen molar-refractivity contribution in [3.05, 3.63) is 58.3 Å². The molecule has 92 valence electrons. The summed E-state index contributed by atoms with van der Waals surface area (Å²) in [5, 5.41) is 11.9. The number of para-hydroxylation sites is 1. The van der Waals surface area contributed by atoms with Crippen molar-refractivity contribution in [2.24, 2.45) is 0 Å². The molecule has 0 saturated heterocycles. The van der Waals surface area contributed by atoms with Gasteiger partial charge in [-0.25, -0.2) is 4.98 Å². The maximum atomic E-state index is 12.0. The SMILES string of the molecule is O=C(Nc1ccccc1CO)c1ncccc1Br. The Morgan fingerprint density at radius 1 is 1.28 bits per heavy atom. The summed E-state index contributed by atoms with van der Waals surface area (Å²) in [6.45, 7) is -0.125. The second-order valence-corrected chi connectivity index (χ2v) is 4.46. The van der Waals surface area contributed by atoms with Gasteiger partial charge in [0.05, 0.1) is 6.61 Å². The van der Waals surface area contributed by atoms with Crippen molar-refractivity contribution in [3.63, 3.8) is 0 Å². The molecule has 0 spiro atoms. The lowest BCUT2D eigenvalue weighted by atomic mass is 10.2. The smallest absolute Gasteiger partial charge is 0.275 e. The zero-order valence-electron chi connectivity index (χ0n) is 9.43. The van der Waals surface area contributed by atoms with Gasteiger partial charge < -0.3 is 10.4 Å². The zero-order valence-corrected chi connectivity index (χ0v) is 11.0. The molecular formula is C13H11BrN2O2. The van der Waals surface area contributed by atoms with Crippen molar-refractivity contribution in [2.45, 2.75) is 6.61 Å². The number of anilines is 1. The number of hydrogen-bond acceptors (Lipinski definition) is 3. The van der Waals surface area contributed by atoms with Gasteiger partial charge in [-0.05, 0) is 34.1 Å². The summed E-state index contributed by atoms with van der Waals surface area (Å²) in [6, 6.07) is 10.6. The van der Waals surface area contributed by atoms with E-state index < -0.39 is 0 Å². The van der Waals surface area contributed by atoms with Crippen LogP contribution in [0.3, 0.4) is 0 Å². The number of nitrogens with zero attached hydrogens (tertiary/aromatic N) is 1. The number of aliphatic hydroxyl groups excluding tert-OH is 1. The molecule has 0 fully saturated rings. The van der Waals surface area contributed by atoms with Crippen molar-refractivity contribution >= 4 is 27.5 Å². The van der Waals surface area contributed by atoms with E-state index in [2.05, 4.69) is 26.2 Å². The van der Waals surface area contributed by atoms with Gasteiger partial charge in [0.2, 0.25) is 0 Å². The van der Waals surface area contributed by atoms with Crippen LogP contribution in [0, 0.1) is 0 Å². The Kier molecular flexibility index (Phi) is 4.07. The Bertz CT molecular complexity index is 572. The van der Waals surface area contributed by atoms with Crippen LogP contribution in [0.1, 0.15) is 16.1 Å². The minimum atomic E-state index is -0.316. The highest BCUT2D eigenvalue weighted by atomic mass is 79.9. The highest BCUT2D eigenvalue weighted by Crippen LogP contribution is 2.18. The van der Waals surface area contributed by atoms with E-state index in [0.29, 0.717) is 21.4 Å². The van der Waals surface area contributed by atoms with Crippen LogP contribution < -0.4 is 5.32 Å². The molecule has 2 N–H and O–H groups in total. The summed E-state index contributed by atoms with van der Waals surface area (Å²) in [5.74, 6) is -0.316. The minimum Gasteiger partial charge on any atom is -0.392 e. The molecule has 1 amide bonds. The van der Waals surface area contributed by atoms with E-state index in [4.69, 9.17) is 0 Å². The summed E-state index contributed by atoms with van der Waals surface area (Å²) in [5.41, 5.74) is 1.56. The third-order valence-corrected chi connectivity index (χ3v) is 3.05. The van der Waals surface area contributed by atoms with E-state index in [1.807, 2.05) is 0 Å². The molecule has 1 heterocycles. The molecule has 2 rings (SSSR count). The first-order valence-electron chi connectivity index (χ1n) is 5.33. The predicted octanol–water partition coefficient (Wildman–Crippen LogP) is 2.59. The topological polar surface area (TPSA) is 62.2 Å². The van der Waals surface area contributed by atoms with Crippen molar-refractivity contribution in [3.8, 4) is 0 Å². The van der Waals surface area contributed by atoms with Crippen LogP contribution in [0.15, 0.2) is 47.1 Å². The lowest BCUT2D eigenvalue weighted by Gasteiger charge is -2.09. The highest BCUT2D eigenvalue weighted by Gasteiger charge is 2.12. The fourth-order valence-corrected chi connectivity index (χ4v) is 1.95. The average Bonchev–Trinajstić information content (AvgIpc) is 2.39. The number of rotatable bonds is 3. The van der Waals surface area contributed by atoms with Gasteiger partial charge in [0.1, 0.15) is 5.69 Å². The third-order valence-electron chi connectivity index (χ3n) is 2.41. The number of halogens is 1.